The molecular weight excluding hydrogens is 235 g/mol. The fourth-order valence-electron chi connectivity index (χ4n) is 1.05. The van der Waals surface area contributed by atoms with Crippen molar-refractivity contribution in [2.24, 2.45) is 0 Å². The van der Waals surface area contributed by atoms with Crippen molar-refractivity contribution in [3.63, 3.8) is 0 Å². The lowest BCUT2D eigenvalue weighted by molar-refractivity contribution is 0.314. The monoisotopic (exact) mass is 250 g/mol. The molecule has 1 rings (SSSR count). The third-order valence-corrected chi connectivity index (χ3v) is 1.68. The second kappa shape index (κ2) is 9.74. The molecule has 0 aliphatic carbocycles. The Morgan fingerprint density at radius 1 is 1.47 bits per heavy atom. The van der Waals surface area contributed by atoms with Gasteiger partial charge in [-0.25, -0.2) is 0 Å². The Morgan fingerprint density at radius 2 is 2.20 bits per heavy atom. The quantitative estimate of drug-likeness (QED) is 0.660. The van der Waals surface area contributed by atoms with Gasteiger partial charge in [0.25, 0.3) is 0 Å². The average Bonchev–Trinajstić information content (AvgIpc) is 2.17. The first kappa shape index (κ1) is 16.6. The molecule has 0 aliphatic heterocycles. The van der Waals surface area contributed by atoms with E-state index in [4.69, 9.17) is 10.1 Å². The smallest absolute Gasteiger partial charge is 0.180 e. The van der Waals surface area contributed by atoms with Gasteiger partial charge in [-0.3, -0.25) is 10.4 Å². The number of ether oxygens (including phenoxy) is 1. The van der Waals surface area contributed by atoms with Crippen molar-refractivity contribution in [2.45, 2.75) is 19.8 Å². The van der Waals surface area contributed by atoms with Gasteiger partial charge in [-0.15, -0.1) is 24.8 Å². The molecule has 1 aromatic heterocycles. The molecule has 0 spiro atoms. The number of halogens is 2. The first-order chi connectivity index (χ1) is 6.33. The number of nitrogens with one attached hydrogen (secondary N) is 1. The van der Waals surface area contributed by atoms with Crippen LogP contribution in [0.1, 0.15) is 18.9 Å². The van der Waals surface area contributed by atoms with Crippen LogP contribution in [0.4, 0.5) is 0 Å². The molecule has 1 N–H and O–H groups in total. The molecular formula is C10H16Cl2N2O. The summed E-state index contributed by atoms with van der Waals surface area (Å²) in [6, 6.07) is 3.91. The second-order valence-corrected chi connectivity index (χ2v) is 2.72. The summed E-state index contributed by atoms with van der Waals surface area (Å²) >= 11 is 0. The van der Waals surface area contributed by atoms with Crippen LogP contribution in [0.5, 0.6) is 0 Å². The van der Waals surface area contributed by atoms with Crippen LogP contribution < -0.4 is 0 Å². The van der Waals surface area contributed by atoms with Gasteiger partial charge < -0.3 is 4.74 Å². The first-order valence-corrected chi connectivity index (χ1v) is 4.42. The van der Waals surface area contributed by atoms with Crippen molar-refractivity contribution in [1.82, 2.24) is 4.98 Å². The van der Waals surface area contributed by atoms with Gasteiger partial charge in [0, 0.05) is 18.8 Å². The summed E-state index contributed by atoms with van der Waals surface area (Å²) in [7, 11) is 0. The van der Waals surface area contributed by atoms with Crippen LogP contribution in [0.15, 0.2) is 24.5 Å². The molecule has 0 bridgehead atoms. The van der Waals surface area contributed by atoms with Crippen LogP contribution in [0.3, 0.4) is 0 Å². The second-order valence-electron chi connectivity index (χ2n) is 2.72. The van der Waals surface area contributed by atoms with E-state index in [1.807, 2.05) is 25.3 Å². The van der Waals surface area contributed by atoms with Gasteiger partial charge in [-0.05, 0) is 25.0 Å². The fraction of sp³-hybridized carbons (Fsp3) is 0.400. The van der Waals surface area contributed by atoms with E-state index in [1.54, 1.807) is 6.20 Å². The predicted octanol–water partition coefficient (Wildman–Crippen LogP) is 2.87. The van der Waals surface area contributed by atoms with Gasteiger partial charge in [-0.1, -0.05) is 6.07 Å². The van der Waals surface area contributed by atoms with E-state index in [0.717, 1.165) is 12.0 Å². The molecule has 0 atom stereocenters. The summed E-state index contributed by atoms with van der Waals surface area (Å²) in [6.07, 6.45) is 5.04. The molecule has 0 aromatic carbocycles. The zero-order valence-corrected chi connectivity index (χ0v) is 10.2. The van der Waals surface area contributed by atoms with Crippen LogP contribution in [-0.2, 0) is 11.2 Å². The SMILES string of the molecule is CCOC(=N)CCc1cccnc1.Cl.Cl. The summed E-state index contributed by atoms with van der Waals surface area (Å²) in [6.45, 7) is 2.46. The van der Waals surface area contributed by atoms with Gasteiger partial charge in [0.2, 0.25) is 0 Å². The zero-order valence-electron chi connectivity index (χ0n) is 8.60. The number of aromatic nitrogens is 1. The lowest BCUT2D eigenvalue weighted by atomic mass is 10.1. The third kappa shape index (κ3) is 7.17. The molecule has 0 saturated heterocycles. The molecule has 1 aromatic rings. The molecule has 1 heterocycles. The van der Waals surface area contributed by atoms with Gasteiger partial charge in [0.15, 0.2) is 5.90 Å². The number of hydrogen-bond acceptors (Lipinski definition) is 3. The minimum atomic E-state index is 0. The third-order valence-electron chi connectivity index (χ3n) is 1.68. The van der Waals surface area contributed by atoms with Crippen molar-refractivity contribution in [3.8, 4) is 0 Å². The average molecular weight is 251 g/mol. The summed E-state index contributed by atoms with van der Waals surface area (Å²) in [5.41, 5.74) is 1.15. The van der Waals surface area contributed by atoms with Crippen LogP contribution in [-0.4, -0.2) is 17.5 Å². The first-order valence-electron chi connectivity index (χ1n) is 4.42. The van der Waals surface area contributed by atoms with E-state index in [-0.39, 0.29) is 24.8 Å². The Hall–Kier alpha value is -0.800. The predicted molar refractivity (Wildman–Crippen MR) is 66.4 cm³/mol. The molecule has 0 amide bonds. The van der Waals surface area contributed by atoms with Crippen molar-refractivity contribution in [3.05, 3.63) is 30.1 Å². The summed E-state index contributed by atoms with van der Waals surface area (Å²) in [5, 5.41) is 7.40. The van der Waals surface area contributed by atoms with Gasteiger partial charge in [0.05, 0.1) is 6.61 Å². The summed E-state index contributed by atoms with van der Waals surface area (Å²) in [5.74, 6) is 0.353. The molecule has 0 saturated carbocycles. The number of rotatable bonds is 4. The van der Waals surface area contributed by atoms with Crippen molar-refractivity contribution in [1.29, 1.82) is 5.41 Å². The fourth-order valence-corrected chi connectivity index (χ4v) is 1.05. The van der Waals surface area contributed by atoms with Gasteiger partial charge in [0.1, 0.15) is 0 Å². The zero-order chi connectivity index (χ0) is 9.52. The van der Waals surface area contributed by atoms with Crippen molar-refractivity contribution < 1.29 is 4.74 Å². The minimum absolute atomic E-state index is 0. The maximum absolute atomic E-state index is 7.40. The molecule has 0 radical (unpaired) electrons. The number of nitrogens with zero attached hydrogens (tertiary/aromatic N) is 1. The highest BCUT2D eigenvalue weighted by atomic mass is 35.5. The Bertz CT molecular complexity index is 267. The van der Waals surface area contributed by atoms with Crippen LogP contribution in [0.2, 0.25) is 0 Å². The highest BCUT2D eigenvalue weighted by Gasteiger charge is 1.97. The summed E-state index contributed by atoms with van der Waals surface area (Å²) < 4.78 is 5.03. The lowest BCUT2D eigenvalue weighted by Gasteiger charge is -2.03. The van der Waals surface area contributed by atoms with E-state index < -0.39 is 0 Å². The van der Waals surface area contributed by atoms with Crippen LogP contribution in [0.25, 0.3) is 0 Å². The lowest BCUT2D eigenvalue weighted by Crippen LogP contribution is -2.04. The highest BCUT2D eigenvalue weighted by Crippen LogP contribution is 2.01. The Labute approximate surface area is 103 Å². The molecule has 0 aliphatic rings. The molecule has 15 heavy (non-hydrogen) atoms. The van der Waals surface area contributed by atoms with Crippen LogP contribution in [0, 0.1) is 5.41 Å². The number of pyridine rings is 1. The van der Waals surface area contributed by atoms with Crippen molar-refractivity contribution in [2.75, 3.05) is 6.61 Å². The molecule has 0 fully saturated rings. The van der Waals surface area contributed by atoms with Gasteiger partial charge in [-0.2, -0.15) is 0 Å². The molecule has 3 nitrogen and oxygen atoms in total. The molecule has 86 valence electrons. The Balaban J connectivity index is 0. The van der Waals surface area contributed by atoms with Crippen LogP contribution >= 0.6 is 24.8 Å². The van der Waals surface area contributed by atoms with Crippen molar-refractivity contribution >= 4 is 30.7 Å². The van der Waals surface area contributed by atoms with Gasteiger partial charge >= 0.3 is 0 Å². The summed E-state index contributed by atoms with van der Waals surface area (Å²) in [4.78, 5) is 4.00. The molecule has 0 unspecified atom stereocenters. The van der Waals surface area contributed by atoms with E-state index >= 15 is 0 Å². The number of aryl methyl sites for hydroxylation is 1. The largest absolute Gasteiger partial charge is 0.481 e. The Morgan fingerprint density at radius 3 is 2.73 bits per heavy atom. The standard InChI is InChI=1S/C10H14N2O.2ClH/c1-2-13-10(11)6-5-9-4-3-7-12-8-9;;/h3-4,7-8,11H,2,5-6H2,1H3;2*1H. The van der Waals surface area contributed by atoms with E-state index in [9.17, 15) is 0 Å². The maximum atomic E-state index is 7.40. The molecule has 5 heteroatoms. The number of hydrogen-bond donors (Lipinski definition) is 1. The normalized spacial score (nSPS) is 8.33. The van der Waals surface area contributed by atoms with E-state index in [0.29, 0.717) is 18.9 Å². The minimum Gasteiger partial charge on any atom is -0.481 e. The van der Waals surface area contributed by atoms with E-state index in [2.05, 4.69) is 4.98 Å². The highest BCUT2D eigenvalue weighted by molar-refractivity contribution is 5.85. The van der Waals surface area contributed by atoms with E-state index in [1.165, 1.54) is 0 Å². The topological polar surface area (TPSA) is 46.0 Å². The maximum Gasteiger partial charge on any atom is 0.180 e. The Kier molecular flexibility index (Phi) is 10.8.